The monoisotopic (exact) mass is 126 g/mol. The summed E-state index contributed by atoms with van der Waals surface area (Å²) >= 11 is 0. The fraction of sp³-hybridized carbons (Fsp3) is 0.714. The lowest BCUT2D eigenvalue weighted by molar-refractivity contribution is 0.681. The van der Waals surface area contributed by atoms with Crippen molar-refractivity contribution in [3.63, 3.8) is 0 Å². The molecule has 0 heterocycles. The van der Waals surface area contributed by atoms with E-state index >= 15 is 0 Å². The third-order valence-corrected chi connectivity index (χ3v) is 0.945. The molecule has 0 unspecified atom stereocenters. The van der Waals surface area contributed by atoms with Crippen LogP contribution < -0.4 is 0 Å². The van der Waals surface area contributed by atoms with Gasteiger partial charge in [0.1, 0.15) is 0 Å². The van der Waals surface area contributed by atoms with Gasteiger partial charge in [0, 0.05) is 12.4 Å². The molecule has 0 spiro atoms. The predicted molar refractivity (Wildman–Crippen MR) is 42.1 cm³/mol. The van der Waals surface area contributed by atoms with Crippen molar-refractivity contribution < 1.29 is 0 Å². The van der Waals surface area contributed by atoms with Crippen LogP contribution >= 0.6 is 0 Å². The summed E-state index contributed by atoms with van der Waals surface area (Å²) in [5.74, 6) is 0.662. The summed E-state index contributed by atoms with van der Waals surface area (Å²) in [5, 5.41) is 7.22. The molecule has 0 aromatic rings. The summed E-state index contributed by atoms with van der Waals surface area (Å²) in [5.41, 5.74) is 1.06. The van der Waals surface area contributed by atoms with Gasteiger partial charge in [0.15, 0.2) is 0 Å². The van der Waals surface area contributed by atoms with E-state index in [9.17, 15) is 0 Å². The summed E-state index contributed by atoms with van der Waals surface area (Å²) in [6.45, 7) is 9.55. The van der Waals surface area contributed by atoms with Gasteiger partial charge in [0.25, 0.3) is 0 Å². The Morgan fingerprint density at radius 3 is 2.44 bits per heavy atom. The molecule has 2 nitrogen and oxygen atoms in total. The van der Waals surface area contributed by atoms with Gasteiger partial charge in [0.05, 0.1) is 0 Å². The second-order valence-corrected chi connectivity index (χ2v) is 2.57. The zero-order chi connectivity index (χ0) is 7.28. The van der Waals surface area contributed by atoms with Gasteiger partial charge in [-0.05, 0) is 19.3 Å². The minimum absolute atomic E-state index is 0.662. The number of hydrogen-bond donors (Lipinski definition) is 0. The summed E-state index contributed by atoms with van der Waals surface area (Å²) in [6.07, 6.45) is 1.01. The van der Waals surface area contributed by atoms with Crippen LogP contribution in [0.4, 0.5) is 0 Å². The molecule has 0 saturated heterocycles. The average Bonchev–Trinajstić information content (AvgIpc) is 1.63. The number of nitrogens with zero attached hydrogens (tertiary/aromatic N) is 2. The van der Waals surface area contributed by atoms with Crippen LogP contribution in [0.25, 0.3) is 0 Å². The highest BCUT2D eigenvalue weighted by atomic mass is 15.2. The van der Waals surface area contributed by atoms with Crippen molar-refractivity contribution in [2.45, 2.75) is 27.2 Å². The van der Waals surface area contributed by atoms with Crippen LogP contribution in [-0.4, -0.2) is 12.4 Å². The maximum absolute atomic E-state index is 3.80. The third kappa shape index (κ3) is 5.21. The lowest BCUT2D eigenvalue weighted by Gasteiger charge is -2.00. The van der Waals surface area contributed by atoms with Gasteiger partial charge in [-0.15, -0.1) is 0 Å². The van der Waals surface area contributed by atoms with Crippen LogP contribution in [0.2, 0.25) is 0 Å². The molecule has 0 saturated carbocycles. The van der Waals surface area contributed by atoms with Crippen molar-refractivity contribution in [1.82, 2.24) is 0 Å². The molecule has 0 aliphatic carbocycles. The van der Waals surface area contributed by atoms with Crippen LogP contribution in [0, 0.1) is 5.92 Å². The molecule has 0 aliphatic heterocycles. The first kappa shape index (κ1) is 8.34. The predicted octanol–water partition coefficient (Wildman–Crippen LogP) is 2.11. The molecule has 52 valence electrons. The molecule has 9 heavy (non-hydrogen) atoms. The number of rotatable bonds is 3. The van der Waals surface area contributed by atoms with Crippen LogP contribution in [0.5, 0.6) is 0 Å². The molecule has 0 aliphatic rings. The van der Waals surface area contributed by atoms with Gasteiger partial charge in [0.2, 0.25) is 0 Å². The highest BCUT2D eigenvalue weighted by Crippen LogP contribution is 2.00. The molecule has 0 radical (unpaired) electrons. The van der Waals surface area contributed by atoms with E-state index in [0.717, 1.165) is 12.1 Å². The molecule has 0 bridgehead atoms. The van der Waals surface area contributed by atoms with Crippen LogP contribution in [0.3, 0.4) is 0 Å². The third-order valence-electron chi connectivity index (χ3n) is 0.945. The summed E-state index contributed by atoms with van der Waals surface area (Å²) in [6, 6.07) is 0. The summed E-state index contributed by atoms with van der Waals surface area (Å²) < 4.78 is 0. The van der Waals surface area contributed by atoms with E-state index in [4.69, 9.17) is 0 Å². The van der Waals surface area contributed by atoms with E-state index in [0.29, 0.717) is 5.92 Å². The van der Waals surface area contributed by atoms with Gasteiger partial charge in [-0.2, -0.15) is 10.2 Å². The first-order valence-corrected chi connectivity index (χ1v) is 3.16. The lowest BCUT2D eigenvalue weighted by Crippen LogP contribution is -1.96. The lowest BCUT2D eigenvalue weighted by atomic mass is 10.1. The highest BCUT2D eigenvalue weighted by molar-refractivity contribution is 5.81. The molecule has 0 aromatic heterocycles. The smallest absolute Gasteiger partial charge is 0.0377 e. The van der Waals surface area contributed by atoms with Crippen molar-refractivity contribution >= 4 is 12.4 Å². The minimum Gasteiger partial charge on any atom is -0.167 e. The zero-order valence-electron chi connectivity index (χ0n) is 6.39. The first-order valence-electron chi connectivity index (χ1n) is 3.16. The zero-order valence-corrected chi connectivity index (χ0v) is 6.39. The molecule has 0 N–H and O–H groups in total. The van der Waals surface area contributed by atoms with Gasteiger partial charge >= 0.3 is 0 Å². The van der Waals surface area contributed by atoms with Crippen molar-refractivity contribution in [2.24, 2.45) is 16.1 Å². The topological polar surface area (TPSA) is 24.7 Å². The van der Waals surface area contributed by atoms with E-state index < -0.39 is 0 Å². The maximum atomic E-state index is 3.80. The van der Waals surface area contributed by atoms with E-state index in [1.165, 1.54) is 0 Å². The van der Waals surface area contributed by atoms with Gasteiger partial charge in [-0.3, -0.25) is 0 Å². The summed E-state index contributed by atoms with van der Waals surface area (Å²) in [7, 11) is 0. The molecule has 2 heteroatoms. The van der Waals surface area contributed by atoms with Crippen molar-refractivity contribution in [3.05, 3.63) is 0 Å². The Balaban J connectivity index is 3.61. The van der Waals surface area contributed by atoms with E-state index in [1.54, 1.807) is 0 Å². The minimum atomic E-state index is 0.662. The van der Waals surface area contributed by atoms with E-state index in [2.05, 4.69) is 30.8 Å². The van der Waals surface area contributed by atoms with Crippen LogP contribution in [0.1, 0.15) is 27.2 Å². The standard InChI is InChI=1S/C7H14N2/c1-6(2)5-7(3)9-8-4/h6H,4-5H2,1-3H3/b9-7-. The second kappa shape index (κ2) is 4.24. The average molecular weight is 126 g/mol. The normalized spacial score (nSPS) is 12.2. The molecule has 0 atom stereocenters. The second-order valence-electron chi connectivity index (χ2n) is 2.57. The Morgan fingerprint density at radius 2 is 2.11 bits per heavy atom. The molecular formula is C7H14N2. The molecule has 0 fully saturated rings. The fourth-order valence-electron chi connectivity index (χ4n) is 0.752. The first-order chi connectivity index (χ1) is 4.16. The molecule has 0 rings (SSSR count). The van der Waals surface area contributed by atoms with Crippen molar-refractivity contribution in [1.29, 1.82) is 0 Å². The fourth-order valence-corrected chi connectivity index (χ4v) is 0.752. The van der Waals surface area contributed by atoms with Gasteiger partial charge < -0.3 is 0 Å². The molecule has 0 amide bonds. The molecular weight excluding hydrogens is 112 g/mol. The Bertz CT molecular complexity index is 114. The molecule has 0 aromatic carbocycles. The summed E-state index contributed by atoms with van der Waals surface area (Å²) in [4.78, 5) is 0. The Morgan fingerprint density at radius 1 is 1.56 bits per heavy atom. The quantitative estimate of drug-likeness (QED) is 0.408. The highest BCUT2D eigenvalue weighted by Gasteiger charge is 1.94. The van der Waals surface area contributed by atoms with E-state index in [1.807, 2.05) is 6.92 Å². The van der Waals surface area contributed by atoms with Crippen molar-refractivity contribution in [2.75, 3.05) is 0 Å². The Hall–Kier alpha value is -0.660. The van der Waals surface area contributed by atoms with Crippen LogP contribution in [0.15, 0.2) is 10.2 Å². The van der Waals surface area contributed by atoms with Gasteiger partial charge in [-0.1, -0.05) is 13.8 Å². The Labute approximate surface area is 56.7 Å². The van der Waals surface area contributed by atoms with Crippen LogP contribution in [-0.2, 0) is 0 Å². The Kier molecular flexibility index (Phi) is 3.93. The number of hydrogen-bond acceptors (Lipinski definition) is 2. The largest absolute Gasteiger partial charge is 0.167 e. The van der Waals surface area contributed by atoms with E-state index in [-0.39, 0.29) is 0 Å². The van der Waals surface area contributed by atoms with Gasteiger partial charge in [-0.25, -0.2) is 0 Å². The van der Waals surface area contributed by atoms with Crippen molar-refractivity contribution in [3.8, 4) is 0 Å². The maximum Gasteiger partial charge on any atom is 0.0377 e. The SMILES string of the molecule is C=N/N=C(/C)CC(C)C.